The third-order valence-corrected chi connectivity index (χ3v) is 5.65. The SMILES string of the molecule is O=C(CCC(=O)NNc1nc2ccccc2c2nc(-c3ccccc3)nn12)NC[C@H]1CCCO1. The van der Waals surface area contributed by atoms with E-state index in [0.29, 0.717) is 29.5 Å². The third-order valence-electron chi connectivity index (χ3n) is 5.65. The lowest BCUT2D eigenvalue weighted by Crippen LogP contribution is -2.34. The van der Waals surface area contributed by atoms with Crippen LogP contribution < -0.4 is 16.2 Å². The van der Waals surface area contributed by atoms with Crippen molar-refractivity contribution in [2.24, 2.45) is 0 Å². The lowest BCUT2D eigenvalue weighted by Gasteiger charge is -2.11. The molecule has 0 unspecified atom stereocenters. The van der Waals surface area contributed by atoms with Gasteiger partial charge in [0.2, 0.25) is 17.8 Å². The molecule has 1 aliphatic rings. The van der Waals surface area contributed by atoms with E-state index in [4.69, 9.17) is 9.72 Å². The van der Waals surface area contributed by atoms with Crippen LogP contribution in [0.1, 0.15) is 25.7 Å². The molecule has 3 heterocycles. The summed E-state index contributed by atoms with van der Waals surface area (Å²) >= 11 is 0. The monoisotopic (exact) mass is 459 g/mol. The van der Waals surface area contributed by atoms with Crippen molar-refractivity contribution in [2.45, 2.75) is 31.8 Å². The number of carbonyl (C=O) groups is 2. The molecule has 10 heteroatoms. The molecule has 5 rings (SSSR count). The van der Waals surface area contributed by atoms with Crippen LogP contribution in [0.3, 0.4) is 0 Å². The van der Waals surface area contributed by atoms with Gasteiger partial charge in [0, 0.05) is 36.9 Å². The van der Waals surface area contributed by atoms with Gasteiger partial charge in [-0.1, -0.05) is 42.5 Å². The average Bonchev–Trinajstić information content (AvgIpc) is 3.56. The normalized spacial score (nSPS) is 15.5. The Morgan fingerprint density at radius 1 is 1.00 bits per heavy atom. The Balaban J connectivity index is 1.27. The van der Waals surface area contributed by atoms with Crippen LogP contribution in [0.5, 0.6) is 0 Å². The Morgan fingerprint density at radius 2 is 1.79 bits per heavy atom. The number of aromatic nitrogens is 4. The molecule has 34 heavy (non-hydrogen) atoms. The topological polar surface area (TPSA) is 123 Å². The summed E-state index contributed by atoms with van der Waals surface area (Å²) in [6.07, 6.45) is 2.16. The van der Waals surface area contributed by atoms with Gasteiger partial charge in [-0.15, -0.1) is 5.10 Å². The van der Waals surface area contributed by atoms with Gasteiger partial charge in [-0.05, 0) is 25.0 Å². The van der Waals surface area contributed by atoms with E-state index >= 15 is 0 Å². The zero-order chi connectivity index (χ0) is 23.3. The molecule has 0 radical (unpaired) electrons. The Kier molecular flexibility index (Phi) is 6.30. The highest BCUT2D eigenvalue weighted by Gasteiger charge is 2.17. The number of carbonyl (C=O) groups excluding carboxylic acids is 2. The molecule has 2 aromatic carbocycles. The number of ether oxygens (including phenoxy) is 1. The second kappa shape index (κ2) is 9.84. The summed E-state index contributed by atoms with van der Waals surface area (Å²) in [5, 5.41) is 8.26. The van der Waals surface area contributed by atoms with Gasteiger partial charge in [-0.3, -0.25) is 20.4 Å². The second-order valence-corrected chi connectivity index (χ2v) is 8.10. The van der Waals surface area contributed by atoms with Gasteiger partial charge in [0.1, 0.15) is 0 Å². The fourth-order valence-corrected chi connectivity index (χ4v) is 3.88. The fourth-order valence-electron chi connectivity index (χ4n) is 3.88. The number of fused-ring (bicyclic) bond motifs is 3. The van der Waals surface area contributed by atoms with Crippen LogP contribution in [0.4, 0.5) is 5.95 Å². The van der Waals surface area contributed by atoms with E-state index in [-0.39, 0.29) is 30.8 Å². The largest absolute Gasteiger partial charge is 0.376 e. The summed E-state index contributed by atoms with van der Waals surface area (Å²) in [4.78, 5) is 33.7. The second-order valence-electron chi connectivity index (χ2n) is 8.10. The molecule has 1 saturated heterocycles. The molecule has 0 aliphatic carbocycles. The van der Waals surface area contributed by atoms with E-state index < -0.39 is 0 Å². The standard InChI is InChI=1S/C24H25N7O3/c32-20(25-15-17-9-6-14-34-17)12-13-21(33)28-29-24-26-19-11-5-4-10-18(19)23-27-22(30-31(23)24)16-7-2-1-3-8-16/h1-5,7-8,10-11,17H,6,9,12-15H2,(H,25,32)(H,26,29)(H,28,33)/t17-/m1/s1. The maximum absolute atomic E-state index is 12.4. The molecule has 0 bridgehead atoms. The Bertz CT molecular complexity index is 1320. The summed E-state index contributed by atoms with van der Waals surface area (Å²) in [5.74, 6) is 0.357. The highest BCUT2D eigenvalue weighted by Crippen LogP contribution is 2.23. The van der Waals surface area contributed by atoms with E-state index in [2.05, 4.69) is 26.3 Å². The van der Waals surface area contributed by atoms with Gasteiger partial charge in [0.05, 0.1) is 11.6 Å². The van der Waals surface area contributed by atoms with Gasteiger partial charge in [-0.25, -0.2) is 9.97 Å². The highest BCUT2D eigenvalue weighted by atomic mass is 16.5. The van der Waals surface area contributed by atoms with Gasteiger partial charge >= 0.3 is 0 Å². The minimum absolute atomic E-state index is 0.0354. The molecule has 2 aromatic heterocycles. The molecular weight excluding hydrogens is 434 g/mol. The quantitative estimate of drug-likeness (QED) is 0.346. The zero-order valence-corrected chi connectivity index (χ0v) is 18.5. The number of anilines is 1. The first kappa shape index (κ1) is 21.8. The van der Waals surface area contributed by atoms with Gasteiger partial charge < -0.3 is 10.1 Å². The molecule has 10 nitrogen and oxygen atoms in total. The summed E-state index contributed by atoms with van der Waals surface area (Å²) < 4.78 is 7.06. The Morgan fingerprint density at radius 3 is 2.62 bits per heavy atom. The first-order chi connectivity index (χ1) is 16.7. The molecule has 1 atom stereocenters. The van der Waals surface area contributed by atoms with Gasteiger partial charge in [-0.2, -0.15) is 4.52 Å². The van der Waals surface area contributed by atoms with Crippen LogP contribution in [0.2, 0.25) is 0 Å². The summed E-state index contributed by atoms with van der Waals surface area (Å²) in [6, 6.07) is 17.3. The Labute approximate surface area is 195 Å². The van der Waals surface area contributed by atoms with Crippen LogP contribution in [0.25, 0.3) is 27.9 Å². The first-order valence-corrected chi connectivity index (χ1v) is 11.3. The minimum atomic E-state index is -0.334. The van der Waals surface area contributed by atoms with Gasteiger partial charge in [0.15, 0.2) is 11.5 Å². The zero-order valence-electron chi connectivity index (χ0n) is 18.5. The number of hydrazine groups is 1. The van der Waals surface area contributed by atoms with Gasteiger partial charge in [0.25, 0.3) is 0 Å². The molecule has 1 aliphatic heterocycles. The van der Waals surface area contributed by atoms with E-state index in [1.54, 1.807) is 4.52 Å². The molecule has 4 aromatic rings. The van der Waals surface area contributed by atoms with Crippen molar-refractivity contribution in [1.82, 2.24) is 30.3 Å². The summed E-state index contributed by atoms with van der Waals surface area (Å²) in [6.45, 7) is 1.22. The maximum Gasteiger partial charge on any atom is 0.245 e. The molecular formula is C24H25N7O3. The minimum Gasteiger partial charge on any atom is -0.376 e. The number of amides is 2. The highest BCUT2D eigenvalue weighted by molar-refractivity contribution is 5.93. The van der Waals surface area contributed by atoms with Crippen molar-refractivity contribution in [2.75, 3.05) is 18.6 Å². The number of nitrogens with zero attached hydrogens (tertiary/aromatic N) is 4. The lowest BCUT2D eigenvalue weighted by molar-refractivity contribution is -0.126. The average molecular weight is 460 g/mol. The van der Waals surface area contributed by atoms with Crippen molar-refractivity contribution >= 4 is 34.3 Å². The maximum atomic E-state index is 12.4. The number of nitrogens with one attached hydrogen (secondary N) is 3. The van der Waals surface area contributed by atoms with Crippen LogP contribution in [-0.4, -0.2) is 50.7 Å². The predicted molar refractivity (Wildman–Crippen MR) is 127 cm³/mol. The lowest BCUT2D eigenvalue weighted by atomic mass is 10.2. The number of rotatable bonds is 8. The van der Waals surface area contributed by atoms with Crippen molar-refractivity contribution in [1.29, 1.82) is 0 Å². The van der Waals surface area contributed by atoms with E-state index in [9.17, 15) is 9.59 Å². The summed E-state index contributed by atoms with van der Waals surface area (Å²) in [5.41, 5.74) is 7.67. The first-order valence-electron chi connectivity index (χ1n) is 11.3. The van der Waals surface area contributed by atoms with Crippen molar-refractivity contribution in [3.8, 4) is 11.4 Å². The smallest absolute Gasteiger partial charge is 0.245 e. The molecule has 3 N–H and O–H groups in total. The van der Waals surface area contributed by atoms with Crippen LogP contribution in [0.15, 0.2) is 54.6 Å². The number of benzene rings is 2. The number of hydrogen-bond donors (Lipinski definition) is 3. The molecule has 0 spiro atoms. The Hall–Kier alpha value is -4.05. The van der Waals surface area contributed by atoms with Crippen LogP contribution >= 0.6 is 0 Å². The molecule has 1 fully saturated rings. The molecule has 174 valence electrons. The van der Waals surface area contributed by atoms with E-state index in [0.717, 1.165) is 30.4 Å². The number of hydrogen-bond acceptors (Lipinski definition) is 7. The van der Waals surface area contributed by atoms with E-state index in [1.807, 2.05) is 54.6 Å². The van der Waals surface area contributed by atoms with E-state index in [1.165, 1.54) is 0 Å². The van der Waals surface area contributed by atoms with Crippen LogP contribution in [0, 0.1) is 0 Å². The fraction of sp³-hybridized carbons (Fsp3) is 0.292. The van der Waals surface area contributed by atoms with Crippen molar-refractivity contribution in [3.05, 3.63) is 54.6 Å². The number of para-hydroxylation sites is 1. The predicted octanol–water partition coefficient (Wildman–Crippen LogP) is 2.46. The molecule has 0 saturated carbocycles. The van der Waals surface area contributed by atoms with Crippen LogP contribution in [-0.2, 0) is 14.3 Å². The van der Waals surface area contributed by atoms with Crippen molar-refractivity contribution in [3.63, 3.8) is 0 Å². The summed E-state index contributed by atoms with van der Waals surface area (Å²) in [7, 11) is 0. The molecule has 2 amide bonds. The van der Waals surface area contributed by atoms with Crippen molar-refractivity contribution < 1.29 is 14.3 Å². The third kappa shape index (κ3) is 4.81.